The van der Waals surface area contributed by atoms with Gasteiger partial charge in [-0.05, 0) is 41.7 Å². The molecular formula is C30H34N6OS. The maximum atomic E-state index is 12.8. The molecule has 1 amide bonds. The number of rotatable bonds is 7. The minimum Gasteiger partial charge on any atom is -0.382 e. The Morgan fingerprint density at radius 2 is 2.13 bits per heavy atom. The van der Waals surface area contributed by atoms with Crippen molar-refractivity contribution in [3.8, 4) is 11.4 Å². The van der Waals surface area contributed by atoms with E-state index in [1.807, 2.05) is 38.3 Å². The molecule has 2 atom stereocenters. The number of nitrogens with two attached hydrogens (primary N) is 1. The number of imidazole rings is 1. The van der Waals surface area contributed by atoms with E-state index in [9.17, 15) is 4.79 Å². The quantitative estimate of drug-likeness (QED) is 0.253. The number of fused-ring (bicyclic) bond motifs is 3. The number of benzene rings is 1. The van der Waals surface area contributed by atoms with Crippen molar-refractivity contribution in [1.29, 1.82) is 0 Å². The second-order valence-corrected chi connectivity index (χ2v) is 10.3. The summed E-state index contributed by atoms with van der Waals surface area (Å²) in [5.41, 5.74) is 10.8. The van der Waals surface area contributed by atoms with Gasteiger partial charge in [0.2, 0.25) is 5.91 Å². The van der Waals surface area contributed by atoms with E-state index in [0.717, 1.165) is 58.5 Å². The van der Waals surface area contributed by atoms with Gasteiger partial charge in [-0.1, -0.05) is 57.2 Å². The Kier molecular flexibility index (Phi) is 7.69. The van der Waals surface area contributed by atoms with E-state index in [2.05, 4.69) is 62.4 Å². The first-order valence-electron chi connectivity index (χ1n) is 13.3. The molecule has 2 unspecified atom stereocenters. The molecule has 1 aliphatic carbocycles. The smallest absolute Gasteiger partial charge is 0.247 e. The van der Waals surface area contributed by atoms with E-state index >= 15 is 0 Å². The van der Waals surface area contributed by atoms with Gasteiger partial charge in [0.1, 0.15) is 22.9 Å². The fourth-order valence-corrected chi connectivity index (χ4v) is 6.04. The summed E-state index contributed by atoms with van der Waals surface area (Å²) in [7, 11) is 0. The molecule has 0 saturated heterocycles. The van der Waals surface area contributed by atoms with Crippen LogP contribution in [0.1, 0.15) is 51.8 Å². The van der Waals surface area contributed by atoms with Crippen molar-refractivity contribution < 1.29 is 4.79 Å². The third-order valence-corrected chi connectivity index (χ3v) is 8.10. The Morgan fingerprint density at radius 3 is 2.95 bits per heavy atom. The highest BCUT2D eigenvalue weighted by Gasteiger charge is 2.25. The molecule has 8 heteroatoms. The summed E-state index contributed by atoms with van der Waals surface area (Å²) >= 11 is 1.74. The number of hydrogen-bond donors (Lipinski definition) is 3. The van der Waals surface area contributed by atoms with E-state index in [0.29, 0.717) is 18.3 Å². The molecule has 6 rings (SSSR count). The number of anilines is 1. The molecule has 4 aromatic rings. The van der Waals surface area contributed by atoms with Crippen molar-refractivity contribution in [3.05, 3.63) is 82.7 Å². The molecule has 0 spiro atoms. The van der Waals surface area contributed by atoms with Gasteiger partial charge >= 0.3 is 0 Å². The fraction of sp³-hybridized carbons (Fsp3) is 0.300. The normalized spacial score (nSPS) is 17.0. The average Bonchev–Trinajstić information content (AvgIpc) is 3.69. The molecule has 3 aromatic heterocycles. The molecule has 4 N–H and O–H groups in total. The highest BCUT2D eigenvalue weighted by Crippen LogP contribution is 2.40. The lowest BCUT2D eigenvalue weighted by Gasteiger charge is -2.18. The van der Waals surface area contributed by atoms with E-state index in [1.54, 1.807) is 18.0 Å². The van der Waals surface area contributed by atoms with Crippen LogP contribution in [0.3, 0.4) is 0 Å². The van der Waals surface area contributed by atoms with Crippen LogP contribution in [-0.2, 0) is 4.79 Å². The number of amides is 1. The molecule has 0 radical (unpaired) electrons. The number of carbonyl (C=O) groups excluding carboxylic acids is 1. The lowest BCUT2D eigenvalue weighted by atomic mass is 9.93. The Morgan fingerprint density at radius 1 is 1.29 bits per heavy atom. The van der Waals surface area contributed by atoms with Crippen LogP contribution in [0.2, 0.25) is 0 Å². The SMILES string of the molecule is CC.CCC(CCNC(=O)C1=CC=C2SC=CC2C1)c1nc(-c2cc3ccccc3[nH]2)c2c(N)nccn12. The predicted molar refractivity (Wildman–Crippen MR) is 158 cm³/mol. The summed E-state index contributed by atoms with van der Waals surface area (Å²) in [5, 5.41) is 6.37. The maximum absolute atomic E-state index is 12.8. The van der Waals surface area contributed by atoms with Crippen LogP contribution < -0.4 is 11.1 Å². The van der Waals surface area contributed by atoms with Gasteiger partial charge in [0, 0.05) is 47.3 Å². The van der Waals surface area contributed by atoms with E-state index in [1.165, 1.54) is 4.91 Å². The Balaban J connectivity index is 0.00000144. The van der Waals surface area contributed by atoms with Crippen LogP contribution in [0.4, 0.5) is 5.82 Å². The van der Waals surface area contributed by atoms with Crippen molar-refractivity contribution in [2.75, 3.05) is 12.3 Å². The predicted octanol–water partition coefficient (Wildman–Crippen LogP) is 6.58. The summed E-state index contributed by atoms with van der Waals surface area (Å²) in [6, 6.07) is 10.3. The number of nitrogen functional groups attached to an aromatic ring is 1. The van der Waals surface area contributed by atoms with Crippen molar-refractivity contribution in [1.82, 2.24) is 24.7 Å². The molecule has 38 heavy (non-hydrogen) atoms. The first-order chi connectivity index (χ1) is 18.6. The monoisotopic (exact) mass is 526 g/mol. The molecule has 4 heterocycles. The third-order valence-electron chi connectivity index (χ3n) is 7.09. The second-order valence-electron chi connectivity index (χ2n) is 9.29. The van der Waals surface area contributed by atoms with Gasteiger partial charge in [0.25, 0.3) is 0 Å². The lowest BCUT2D eigenvalue weighted by Crippen LogP contribution is -2.28. The van der Waals surface area contributed by atoms with Crippen molar-refractivity contribution in [3.63, 3.8) is 0 Å². The van der Waals surface area contributed by atoms with Crippen LogP contribution in [0.5, 0.6) is 0 Å². The minimum absolute atomic E-state index is 0.0191. The van der Waals surface area contributed by atoms with E-state index in [4.69, 9.17) is 10.7 Å². The highest BCUT2D eigenvalue weighted by molar-refractivity contribution is 8.06. The molecule has 196 valence electrons. The van der Waals surface area contributed by atoms with Crippen LogP contribution in [-0.4, -0.2) is 31.8 Å². The zero-order chi connectivity index (χ0) is 26.6. The van der Waals surface area contributed by atoms with Gasteiger partial charge in [0.05, 0.1) is 5.69 Å². The summed E-state index contributed by atoms with van der Waals surface area (Å²) < 4.78 is 2.05. The number of nitrogens with one attached hydrogen (secondary N) is 2. The number of nitrogens with zero attached hydrogens (tertiary/aromatic N) is 3. The zero-order valence-electron chi connectivity index (χ0n) is 22.1. The molecule has 2 aliphatic rings. The largest absolute Gasteiger partial charge is 0.382 e. The molecular weight excluding hydrogens is 492 g/mol. The number of allylic oxidation sites excluding steroid dienone is 4. The minimum atomic E-state index is 0.0191. The van der Waals surface area contributed by atoms with Gasteiger partial charge in [-0.15, -0.1) is 11.8 Å². The molecule has 0 fully saturated rings. The van der Waals surface area contributed by atoms with E-state index in [-0.39, 0.29) is 11.8 Å². The molecule has 0 saturated carbocycles. The van der Waals surface area contributed by atoms with E-state index < -0.39 is 0 Å². The number of aromatic nitrogens is 4. The van der Waals surface area contributed by atoms with Crippen LogP contribution in [0, 0.1) is 5.92 Å². The standard InChI is InChI=1S/C28H28N6OS.C2H6/c1-2-17(9-11-31-28(35)20-7-8-23-19(15-20)10-14-36-23)27-33-24(25-26(29)30-12-13-34(25)27)22-16-18-5-3-4-6-21(18)32-22;1-2/h3-8,10,12-14,16-17,19,32H,2,9,11,15H2,1H3,(H2,29,30)(H,31,35);1-2H3. The number of para-hydroxylation sites is 1. The van der Waals surface area contributed by atoms with Gasteiger partial charge in [-0.2, -0.15) is 0 Å². The summed E-state index contributed by atoms with van der Waals surface area (Å²) in [6.07, 6.45) is 12.3. The van der Waals surface area contributed by atoms with Gasteiger partial charge in [-0.3, -0.25) is 9.20 Å². The highest BCUT2D eigenvalue weighted by atomic mass is 32.2. The summed E-state index contributed by atoms with van der Waals surface area (Å²) in [6.45, 7) is 6.73. The van der Waals surface area contributed by atoms with Crippen LogP contribution in [0.25, 0.3) is 27.8 Å². The van der Waals surface area contributed by atoms with Crippen molar-refractivity contribution >= 4 is 39.9 Å². The number of hydrogen-bond acceptors (Lipinski definition) is 5. The van der Waals surface area contributed by atoms with Gasteiger partial charge in [-0.25, -0.2) is 9.97 Å². The summed E-state index contributed by atoms with van der Waals surface area (Å²) in [5.74, 6) is 1.90. The molecule has 1 aromatic carbocycles. The molecule has 0 bridgehead atoms. The van der Waals surface area contributed by atoms with Crippen LogP contribution in [0.15, 0.2) is 76.8 Å². The maximum Gasteiger partial charge on any atom is 0.247 e. The topological polar surface area (TPSA) is 101 Å². The van der Waals surface area contributed by atoms with Gasteiger partial charge in [0.15, 0.2) is 0 Å². The molecule has 7 nitrogen and oxygen atoms in total. The van der Waals surface area contributed by atoms with Crippen molar-refractivity contribution in [2.45, 2.75) is 46.0 Å². The first-order valence-corrected chi connectivity index (χ1v) is 14.2. The lowest BCUT2D eigenvalue weighted by molar-refractivity contribution is -0.117. The Labute approximate surface area is 227 Å². The fourth-order valence-electron chi connectivity index (χ4n) is 5.14. The summed E-state index contributed by atoms with van der Waals surface area (Å²) in [4.78, 5) is 27.1. The average molecular weight is 527 g/mol. The van der Waals surface area contributed by atoms with Gasteiger partial charge < -0.3 is 16.0 Å². The van der Waals surface area contributed by atoms with Crippen molar-refractivity contribution in [2.24, 2.45) is 5.92 Å². The zero-order valence-corrected chi connectivity index (χ0v) is 22.9. The number of thioether (sulfide) groups is 1. The third kappa shape index (κ3) is 4.88. The Bertz CT molecular complexity index is 1530. The Hall–Kier alpha value is -3.78. The number of aromatic amines is 1. The second kappa shape index (κ2) is 11.3. The number of H-pyrrole nitrogens is 1. The van der Waals surface area contributed by atoms with Crippen LogP contribution >= 0.6 is 11.8 Å². The number of carbonyl (C=O) groups is 1. The first kappa shape index (κ1) is 25.9. The molecule has 1 aliphatic heterocycles.